The van der Waals surface area contributed by atoms with Gasteiger partial charge in [0, 0.05) is 6.04 Å². The lowest BCUT2D eigenvalue weighted by atomic mass is 9.99. The molecule has 0 spiro atoms. The number of carbonyl (C=O) groups is 1. The molecule has 1 aliphatic rings. The van der Waals surface area contributed by atoms with Crippen LogP contribution < -0.4 is 5.32 Å². The molecule has 1 N–H and O–H groups in total. The van der Waals surface area contributed by atoms with Gasteiger partial charge in [-0.2, -0.15) is 5.26 Å². The Balaban J connectivity index is 1.91. The van der Waals surface area contributed by atoms with Gasteiger partial charge in [0.2, 0.25) is 5.91 Å². The van der Waals surface area contributed by atoms with Gasteiger partial charge in [-0.3, -0.25) is 4.79 Å². The quantitative estimate of drug-likeness (QED) is 0.861. The lowest BCUT2D eigenvalue weighted by molar-refractivity contribution is -0.124. The monoisotopic (exact) mass is 242 g/mol. The van der Waals surface area contributed by atoms with Crippen molar-refractivity contribution in [2.24, 2.45) is 11.8 Å². The number of rotatable bonds is 5. The van der Waals surface area contributed by atoms with Crippen molar-refractivity contribution < 1.29 is 4.79 Å². The average molecular weight is 242 g/mol. The van der Waals surface area contributed by atoms with Crippen LogP contribution in [0.15, 0.2) is 30.3 Å². The highest BCUT2D eigenvalue weighted by Crippen LogP contribution is 2.32. The van der Waals surface area contributed by atoms with E-state index in [2.05, 4.69) is 11.4 Å². The predicted molar refractivity (Wildman–Crippen MR) is 69.6 cm³/mol. The van der Waals surface area contributed by atoms with E-state index in [0.717, 1.165) is 5.56 Å². The van der Waals surface area contributed by atoms with E-state index in [4.69, 9.17) is 5.26 Å². The van der Waals surface area contributed by atoms with Crippen LogP contribution in [0.3, 0.4) is 0 Å². The lowest BCUT2D eigenvalue weighted by Crippen LogP contribution is -2.38. The first-order valence-corrected chi connectivity index (χ1v) is 6.44. The van der Waals surface area contributed by atoms with Crippen molar-refractivity contribution in [1.82, 2.24) is 5.32 Å². The Hall–Kier alpha value is -1.82. The highest BCUT2D eigenvalue weighted by Gasteiger charge is 2.30. The number of hydrogen-bond acceptors (Lipinski definition) is 2. The Kier molecular flexibility index (Phi) is 3.99. The molecule has 1 aromatic carbocycles. The van der Waals surface area contributed by atoms with Crippen molar-refractivity contribution in [1.29, 1.82) is 5.26 Å². The van der Waals surface area contributed by atoms with Crippen molar-refractivity contribution in [2.75, 3.05) is 0 Å². The van der Waals surface area contributed by atoms with Crippen LogP contribution in [0.2, 0.25) is 0 Å². The molecule has 1 amide bonds. The molecule has 3 nitrogen and oxygen atoms in total. The molecule has 0 radical (unpaired) electrons. The summed E-state index contributed by atoms with van der Waals surface area (Å²) in [5, 5.41) is 12.1. The van der Waals surface area contributed by atoms with E-state index >= 15 is 0 Å². The van der Waals surface area contributed by atoms with Gasteiger partial charge in [-0.05, 0) is 37.7 Å². The SMILES string of the molecule is CC(NC(=O)C(C#N)Cc1ccccc1)C1CC1. The minimum absolute atomic E-state index is 0.138. The fraction of sp³-hybridized carbons (Fsp3) is 0.467. The van der Waals surface area contributed by atoms with Gasteiger partial charge >= 0.3 is 0 Å². The molecule has 1 fully saturated rings. The van der Waals surface area contributed by atoms with Crippen LogP contribution in [0, 0.1) is 23.2 Å². The van der Waals surface area contributed by atoms with Crippen molar-refractivity contribution in [3.05, 3.63) is 35.9 Å². The number of amides is 1. The molecule has 2 atom stereocenters. The maximum Gasteiger partial charge on any atom is 0.237 e. The fourth-order valence-electron chi connectivity index (χ4n) is 2.09. The minimum Gasteiger partial charge on any atom is -0.352 e. The molecular formula is C15H18N2O. The lowest BCUT2D eigenvalue weighted by Gasteiger charge is -2.15. The van der Waals surface area contributed by atoms with Gasteiger partial charge in [-0.25, -0.2) is 0 Å². The number of nitrogens with zero attached hydrogens (tertiary/aromatic N) is 1. The highest BCUT2D eigenvalue weighted by atomic mass is 16.1. The summed E-state index contributed by atoms with van der Waals surface area (Å²) in [6.07, 6.45) is 2.87. The number of benzene rings is 1. The van der Waals surface area contributed by atoms with E-state index in [0.29, 0.717) is 12.3 Å². The second-order valence-electron chi connectivity index (χ2n) is 5.01. The molecule has 3 heteroatoms. The molecular weight excluding hydrogens is 224 g/mol. The van der Waals surface area contributed by atoms with Gasteiger partial charge in [0.1, 0.15) is 5.92 Å². The van der Waals surface area contributed by atoms with Gasteiger partial charge < -0.3 is 5.32 Å². The van der Waals surface area contributed by atoms with Gasteiger partial charge in [0.15, 0.2) is 0 Å². The van der Waals surface area contributed by atoms with E-state index in [1.165, 1.54) is 12.8 Å². The molecule has 1 aromatic rings. The second kappa shape index (κ2) is 5.68. The summed E-state index contributed by atoms with van der Waals surface area (Å²) in [6, 6.07) is 12.0. The van der Waals surface area contributed by atoms with E-state index < -0.39 is 5.92 Å². The third-order valence-corrected chi connectivity index (χ3v) is 3.45. The zero-order valence-corrected chi connectivity index (χ0v) is 10.6. The molecule has 94 valence electrons. The van der Waals surface area contributed by atoms with Crippen molar-refractivity contribution in [2.45, 2.75) is 32.2 Å². The average Bonchev–Trinajstić information content (AvgIpc) is 3.21. The van der Waals surface area contributed by atoms with E-state index in [9.17, 15) is 4.79 Å². The van der Waals surface area contributed by atoms with Gasteiger partial charge in [0.25, 0.3) is 0 Å². The molecule has 0 heterocycles. The Morgan fingerprint density at radius 2 is 2.11 bits per heavy atom. The van der Waals surface area contributed by atoms with Crippen molar-refractivity contribution in [3.63, 3.8) is 0 Å². The Bertz CT molecular complexity index is 445. The first-order valence-electron chi connectivity index (χ1n) is 6.44. The predicted octanol–water partition coefficient (Wildman–Crippen LogP) is 2.28. The molecule has 1 saturated carbocycles. The Morgan fingerprint density at radius 1 is 1.44 bits per heavy atom. The zero-order valence-electron chi connectivity index (χ0n) is 10.6. The number of hydrogen-bond donors (Lipinski definition) is 1. The third-order valence-electron chi connectivity index (χ3n) is 3.45. The van der Waals surface area contributed by atoms with E-state index in [-0.39, 0.29) is 11.9 Å². The summed E-state index contributed by atoms with van der Waals surface area (Å²) in [7, 11) is 0. The first kappa shape index (κ1) is 12.6. The third kappa shape index (κ3) is 3.33. The van der Waals surface area contributed by atoms with Gasteiger partial charge in [-0.1, -0.05) is 30.3 Å². The van der Waals surface area contributed by atoms with Gasteiger partial charge in [0.05, 0.1) is 6.07 Å². The van der Waals surface area contributed by atoms with E-state index in [1.54, 1.807) is 0 Å². The normalized spacial score (nSPS) is 17.6. The highest BCUT2D eigenvalue weighted by molar-refractivity contribution is 5.81. The summed E-state index contributed by atoms with van der Waals surface area (Å²) >= 11 is 0. The zero-order chi connectivity index (χ0) is 13.0. The Morgan fingerprint density at radius 3 is 2.67 bits per heavy atom. The van der Waals surface area contributed by atoms with Crippen LogP contribution in [0.1, 0.15) is 25.3 Å². The Labute approximate surface area is 108 Å². The smallest absolute Gasteiger partial charge is 0.237 e. The van der Waals surface area contributed by atoms with Crippen LogP contribution in [0.4, 0.5) is 0 Å². The summed E-state index contributed by atoms with van der Waals surface area (Å²) < 4.78 is 0. The van der Waals surface area contributed by atoms with Crippen LogP contribution in [0.25, 0.3) is 0 Å². The van der Waals surface area contributed by atoms with Crippen LogP contribution in [0.5, 0.6) is 0 Å². The van der Waals surface area contributed by atoms with Crippen molar-refractivity contribution >= 4 is 5.91 Å². The summed E-state index contributed by atoms with van der Waals surface area (Å²) in [6.45, 7) is 2.02. The topological polar surface area (TPSA) is 52.9 Å². The molecule has 0 aromatic heterocycles. The summed E-state index contributed by atoms with van der Waals surface area (Å²) in [5.74, 6) is -0.112. The number of carbonyl (C=O) groups excluding carboxylic acids is 1. The molecule has 0 bridgehead atoms. The molecule has 1 aliphatic carbocycles. The number of nitrogens with one attached hydrogen (secondary N) is 1. The number of nitriles is 1. The summed E-state index contributed by atoms with van der Waals surface area (Å²) in [4.78, 5) is 12.0. The van der Waals surface area contributed by atoms with Crippen molar-refractivity contribution in [3.8, 4) is 6.07 Å². The molecule has 2 unspecified atom stereocenters. The van der Waals surface area contributed by atoms with Crippen LogP contribution >= 0.6 is 0 Å². The molecule has 18 heavy (non-hydrogen) atoms. The molecule has 0 aliphatic heterocycles. The van der Waals surface area contributed by atoms with Gasteiger partial charge in [-0.15, -0.1) is 0 Å². The maximum absolute atomic E-state index is 12.0. The molecule has 2 rings (SSSR count). The largest absolute Gasteiger partial charge is 0.352 e. The minimum atomic E-state index is -0.589. The van der Waals surface area contributed by atoms with Crippen LogP contribution in [-0.4, -0.2) is 11.9 Å². The van der Waals surface area contributed by atoms with E-state index in [1.807, 2.05) is 37.3 Å². The second-order valence-corrected chi connectivity index (χ2v) is 5.01. The standard InChI is InChI=1S/C15H18N2O/c1-11(13-7-8-13)17-15(18)14(10-16)9-12-5-3-2-4-6-12/h2-6,11,13-14H,7-9H2,1H3,(H,17,18). The summed E-state index contributed by atoms with van der Waals surface area (Å²) in [5.41, 5.74) is 1.03. The fourth-order valence-corrected chi connectivity index (χ4v) is 2.09. The molecule has 0 saturated heterocycles. The first-order chi connectivity index (χ1) is 8.70. The maximum atomic E-state index is 12.0. The van der Waals surface area contributed by atoms with Crippen LogP contribution in [-0.2, 0) is 11.2 Å².